The van der Waals surface area contributed by atoms with Crippen LogP contribution >= 0.6 is 0 Å². The lowest BCUT2D eigenvalue weighted by atomic mass is 9.84. The molecule has 0 unspecified atom stereocenters. The Labute approximate surface area is 451 Å². The number of anilines is 3. The Morgan fingerprint density at radius 1 is 0.662 bits per heavy atom. The molecule has 0 spiro atoms. The highest BCUT2D eigenvalue weighted by molar-refractivity contribution is 7.86. The zero-order valence-electron chi connectivity index (χ0n) is 44.5. The lowest BCUT2D eigenvalue weighted by Gasteiger charge is -2.31. The van der Waals surface area contributed by atoms with E-state index in [0.29, 0.717) is 55.0 Å². The lowest BCUT2D eigenvalue weighted by Crippen LogP contribution is -2.36. The van der Waals surface area contributed by atoms with Crippen LogP contribution in [0.4, 0.5) is 17.2 Å². The van der Waals surface area contributed by atoms with Crippen LogP contribution in [0.3, 0.4) is 0 Å². The first-order valence-electron chi connectivity index (χ1n) is 26.7. The van der Waals surface area contributed by atoms with Gasteiger partial charge in [0.2, 0.25) is 11.8 Å². The van der Waals surface area contributed by atoms with Gasteiger partial charge in [-0.3, -0.25) is 4.18 Å². The van der Waals surface area contributed by atoms with Crippen LogP contribution in [0.15, 0.2) is 36.9 Å². The number of hydrogen-bond donors (Lipinski definition) is 2. The first-order chi connectivity index (χ1) is 37.4. The second-order valence-corrected chi connectivity index (χ2v) is 21.7. The SMILES string of the molecule is COc1ncnc2cc(N3CCOCC3)cc(O)c12.COc1ncnc2cc(N3CCOCC3)cc(OC3CCC(Cc4nc(C)nc5c4OCC5)CC3)c12.Cc1nc2c(c(NC3CCC(OS(C)(=O)=O)CC3)n1)OCC2.[HH].[HH]. The van der Waals surface area contributed by atoms with Gasteiger partial charge in [0.05, 0.1) is 100 Å². The van der Waals surface area contributed by atoms with E-state index in [1.807, 2.05) is 19.9 Å². The summed E-state index contributed by atoms with van der Waals surface area (Å²) in [6, 6.07) is 8.13. The summed E-state index contributed by atoms with van der Waals surface area (Å²) < 4.78 is 67.2. The van der Waals surface area contributed by atoms with Crippen molar-refractivity contribution < 1.29 is 53.7 Å². The maximum atomic E-state index is 11.2. The van der Waals surface area contributed by atoms with E-state index >= 15 is 0 Å². The van der Waals surface area contributed by atoms with Crippen LogP contribution < -0.4 is 38.8 Å². The van der Waals surface area contributed by atoms with E-state index < -0.39 is 10.1 Å². The van der Waals surface area contributed by atoms with Gasteiger partial charge in [0.25, 0.3) is 10.1 Å². The third-order valence-corrected chi connectivity index (χ3v) is 15.3. The van der Waals surface area contributed by atoms with E-state index in [2.05, 4.69) is 62.1 Å². The molecule has 2 aliphatic carbocycles. The van der Waals surface area contributed by atoms with Gasteiger partial charge >= 0.3 is 0 Å². The number of aromatic nitrogens is 8. The van der Waals surface area contributed by atoms with Gasteiger partial charge in [0.15, 0.2) is 17.3 Å². The minimum atomic E-state index is -3.37. The Bertz CT molecular complexity index is 3140. The third kappa shape index (κ3) is 13.2. The average Bonchev–Trinajstić information content (AvgIpc) is 4.25. The van der Waals surface area contributed by atoms with Gasteiger partial charge in [-0.1, -0.05) is 0 Å². The second kappa shape index (κ2) is 24.3. The quantitative estimate of drug-likeness (QED) is 0.120. The number of hydrogen-bond acceptors (Lipinski definition) is 22. The summed E-state index contributed by atoms with van der Waals surface area (Å²) in [5.41, 5.74) is 6.65. The fraction of sp³-hybridized carbons (Fsp3) is 0.556. The molecule has 0 amide bonds. The molecule has 2 saturated heterocycles. The molecule has 0 bridgehead atoms. The molecule has 22 nitrogen and oxygen atoms in total. The molecule has 4 fully saturated rings. The molecule has 416 valence electrons. The number of morpholine rings is 2. The van der Waals surface area contributed by atoms with E-state index in [0.717, 1.165) is 190 Å². The summed E-state index contributed by atoms with van der Waals surface area (Å²) in [7, 11) is -0.209. The first kappa shape index (κ1) is 53.7. The minimum absolute atomic E-state index is 0. The monoisotopic (exact) mass is 1080 g/mol. The maximum absolute atomic E-state index is 11.2. The fourth-order valence-electron chi connectivity index (χ4n) is 11.0. The topological polar surface area (TPSA) is 250 Å². The largest absolute Gasteiger partial charge is 0.507 e. The van der Waals surface area contributed by atoms with Crippen molar-refractivity contribution in [1.82, 2.24) is 39.9 Å². The highest BCUT2D eigenvalue weighted by atomic mass is 32.2. The van der Waals surface area contributed by atoms with Crippen molar-refractivity contribution in [2.75, 3.05) is 101 Å². The van der Waals surface area contributed by atoms with Crippen LogP contribution in [-0.4, -0.2) is 158 Å². The molecule has 8 heterocycles. The summed E-state index contributed by atoms with van der Waals surface area (Å²) in [6.07, 6.45) is 14.0. The number of nitrogens with zero attached hydrogens (tertiary/aromatic N) is 10. The van der Waals surface area contributed by atoms with Crippen molar-refractivity contribution in [3.8, 4) is 34.8 Å². The highest BCUT2D eigenvalue weighted by Crippen LogP contribution is 2.41. The van der Waals surface area contributed by atoms with Crippen LogP contribution in [0.25, 0.3) is 21.8 Å². The number of phenolic OH excluding ortho intramolecular Hbond substituents is 1. The molecule has 2 N–H and O–H groups in total. The van der Waals surface area contributed by atoms with E-state index in [-0.39, 0.29) is 26.9 Å². The smallest absolute Gasteiger partial charge is 0.264 e. The highest BCUT2D eigenvalue weighted by Gasteiger charge is 2.30. The summed E-state index contributed by atoms with van der Waals surface area (Å²) in [5.74, 6) is 6.47. The number of ether oxygens (including phenoxy) is 7. The third-order valence-electron chi connectivity index (χ3n) is 14.7. The van der Waals surface area contributed by atoms with Crippen LogP contribution in [0.2, 0.25) is 0 Å². The Kier molecular flexibility index (Phi) is 17.0. The molecular weight excluding hydrogens is 1010 g/mol. The minimum Gasteiger partial charge on any atom is -0.507 e. The zero-order valence-corrected chi connectivity index (χ0v) is 45.3. The predicted octanol–water partition coefficient (Wildman–Crippen LogP) is 6.78. The Morgan fingerprint density at radius 2 is 1.21 bits per heavy atom. The van der Waals surface area contributed by atoms with Crippen molar-refractivity contribution >= 4 is 49.1 Å². The molecule has 77 heavy (non-hydrogen) atoms. The summed E-state index contributed by atoms with van der Waals surface area (Å²) >= 11 is 0. The van der Waals surface area contributed by atoms with E-state index in [4.69, 9.17) is 42.3 Å². The van der Waals surface area contributed by atoms with Gasteiger partial charge in [-0.05, 0) is 89.7 Å². The number of rotatable bonds is 12. The normalized spacial score (nSPS) is 21.1. The molecule has 4 aromatic heterocycles. The molecule has 0 atom stereocenters. The van der Waals surface area contributed by atoms with Crippen LogP contribution in [-0.2, 0) is 43.0 Å². The number of benzene rings is 2. The summed E-state index contributed by atoms with van der Waals surface area (Å²) in [6.45, 7) is 11.4. The standard InChI is InChI=1S/C27H33N5O4.C14H21N3O4S.C13H15N3O3.2H2/c1-17-30-21-7-10-35-26(21)23(31-17)13-18-3-5-20(6-4-18)36-24-15-19(32-8-11-34-12-9-32)14-22-25(24)27(33-2)29-16-28-22;1-9-15-12-7-8-20-13(12)14(16-9)17-10-3-5-11(6-4-10)21-22(2,18)19;1-18-13-12-10(14-8-15-13)6-9(7-11(12)17)16-2-4-19-5-3-16;;/h14-16,18,20H,3-13H2,1-2H3;10-11H,3-8H2,1-2H3,(H,15,16,17);6-8,17H,2-5H2,1H3;2*1H. The Balaban J connectivity index is 0.000000165. The van der Waals surface area contributed by atoms with E-state index in [1.54, 1.807) is 19.5 Å². The Hall–Kier alpha value is -6.69. The first-order valence-corrected chi connectivity index (χ1v) is 28.5. The van der Waals surface area contributed by atoms with Gasteiger partial charge in [-0.15, -0.1) is 0 Å². The second-order valence-electron chi connectivity index (χ2n) is 20.1. The van der Waals surface area contributed by atoms with Crippen LogP contribution in [0, 0.1) is 19.8 Å². The molecule has 23 heteroatoms. The van der Waals surface area contributed by atoms with Crippen molar-refractivity contribution in [3.63, 3.8) is 0 Å². The molecular formula is C54H73N11O11S. The molecule has 2 saturated carbocycles. The van der Waals surface area contributed by atoms with Crippen molar-refractivity contribution in [1.29, 1.82) is 0 Å². The molecule has 0 radical (unpaired) electrons. The van der Waals surface area contributed by atoms with Crippen molar-refractivity contribution in [2.45, 2.75) is 103 Å². The van der Waals surface area contributed by atoms with Gasteiger partial charge in [0, 0.05) is 71.4 Å². The van der Waals surface area contributed by atoms with Crippen molar-refractivity contribution in [2.24, 2.45) is 5.92 Å². The summed E-state index contributed by atoms with van der Waals surface area (Å²) in [4.78, 5) is 39.7. The van der Waals surface area contributed by atoms with Gasteiger partial charge in [-0.2, -0.15) is 8.42 Å². The molecule has 6 aromatic rings. The lowest BCUT2D eigenvalue weighted by molar-refractivity contribution is 0.122. The zero-order chi connectivity index (χ0) is 53.5. The van der Waals surface area contributed by atoms with Crippen LogP contribution in [0.5, 0.6) is 34.8 Å². The number of aryl methyl sites for hydroxylation is 2. The molecule has 2 aromatic carbocycles. The number of aromatic hydroxyl groups is 1. The fourth-order valence-corrected chi connectivity index (χ4v) is 11.7. The van der Waals surface area contributed by atoms with Gasteiger partial charge in [0.1, 0.15) is 46.6 Å². The van der Waals surface area contributed by atoms with Crippen LogP contribution in [0.1, 0.15) is 83.0 Å². The molecule has 4 aliphatic heterocycles. The molecule has 6 aliphatic rings. The van der Waals surface area contributed by atoms with Gasteiger partial charge in [-0.25, -0.2) is 39.9 Å². The van der Waals surface area contributed by atoms with E-state index in [9.17, 15) is 13.5 Å². The number of methoxy groups -OCH3 is 2. The van der Waals surface area contributed by atoms with E-state index in [1.165, 1.54) is 13.4 Å². The summed E-state index contributed by atoms with van der Waals surface area (Å²) in [5, 5.41) is 15.0. The maximum Gasteiger partial charge on any atom is 0.264 e. The molecule has 12 rings (SSSR count). The number of nitrogens with one attached hydrogen (secondary N) is 1. The van der Waals surface area contributed by atoms with Gasteiger partial charge < -0.3 is 53.4 Å². The van der Waals surface area contributed by atoms with Crippen molar-refractivity contribution in [3.05, 3.63) is 65.7 Å². The Morgan fingerprint density at radius 3 is 1.82 bits per heavy atom. The predicted molar refractivity (Wildman–Crippen MR) is 292 cm³/mol. The average molecular weight is 1080 g/mol. The number of phenols is 1. The number of fused-ring (bicyclic) bond motifs is 4.